The number of thiazole rings is 1. The number of nitrogens with zero attached hydrogens (tertiary/aromatic N) is 3. The number of ether oxygens (including phenoxy) is 1. The van der Waals surface area contributed by atoms with Gasteiger partial charge in [-0.15, -0.1) is 0 Å². The van der Waals surface area contributed by atoms with Crippen LogP contribution < -0.4 is 10.1 Å². The molecule has 0 radical (unpaired) electrons. The van der Waals surface area contributed by atoms with Crippen molar-refractivity contribution in [3.63, 3.8) is 0 Å². The first-order chi connectivity index (χ1) is 13.2. The van der Waals surface area contributed by atoms with E-state index in [1.165, 1.54) is 18.3 Å². The Hall–Kier alpha value is -3.32. The van der Waals surface area contributed by atoms with Crippen molar-refractivity contribution in [2.75, 3.05) is 5.32 Å². The number of fused-ring (bicyclic) bond motifs is 1. The Morgan fingerprint density at radius 3 is 2.78 bits per heavy atom. The number of carbonyl (C=O) groups is 1. The molecule has 2 aromatic heterocycles. The monoisotopic (exact) mass is 376 g/mol. The van der Waals surface area contributed by atoms with Gasteiger partial charge < -0.3 is 10.1 Å². The number of aromatic nitrogens is 3. The van der Waals surface area contributed by atoms with E-state index in [2.05, 4.69) is 20.3 Å². The summed E-state index contributed by atoms with van der Waals surface area (Å²) in [5.74, 6) is 0.336. The van der Waals surface area contributed by atoms with Crippen molar-refractivity contribution in [3.05, 3.63) is 66.5 Å². The standard InChI is InChI=1S/C20H16N4O2S/c1-13(25)22-20-24-16-8-7-15(9-18(16)27-20)17-10-21-11-19(23-17)26-12-14-5-3-2-4-6-14/h2-11H,12H2,1H3,(H,22,24,25). The van der Waals surface area contributed by atoms with Crippen molar-refractivity contribution in [3.8, 4) is 17.1 Å². The number of nitrogens with one attached hydrogen (secondary N) is 1. The minimum absolute atomic E-state index is 0.136. The molecular formula is C20H16N4O2S. The first kappa shape index (κ1) is 17.1. The topological polar surface area (TPSA) is 77.0 Å². The molecular weight excluding hydrogens is 360 g/mol. The maximum atomic E-state index is 11.2. The lowest BCUT2D eigenvalue weighted by atomic mass is 10.1. The summed E-state index contributed by atoms with van der Waals surface area (Å²) in [5.41, 5.74) is 3.54. The van der Waals surface area contributed by atoms with Crippen molar-refractivity contribution in [1.29, 1.82) is 0 Å². The third kappa shape index (κ3) is 4.09. The molecule has 1 amide bonds. The van der Waals surface area contributed by atoms with Gasteiger partial charge in [0.05, 0.1) is 28.3 Å². The van der Waals surface area contributed by atoms with E-state index >= 15 is 0 Å². The average Bonchev–Trinajstić information content (AvgIpc) is 3.08. The summed E-state index contributed by atoms with van der Waals surface area (Å²) < 4.78 is 6.73. The molecule has 0 unspecified atom stereocenters. The summed E-state index contributed by atoms with van der Waals surface area (Å²) in [6, 6.07) is 15.8. The van der Waals surface area contributed by atoms with Crippen molar-refractivity contribution in [2.24, 2.45) is 0 Å². The zero-order valence-electron chi connectivity index (χ0n) is 14.5. The number of rotatable bonds is 5. The molecule has 0 bridgehead atoms. The highest BCUT2D eigenvalue weighted by atomic mass is 32.1. The Balaban J connectivity index is 1.56. The Morgan fingerprint density at radius 2 is 1.96 bits per heavy atom. The minimum atomic E-state index is -0.136. The fourth-order valence-electron chi connectivity index (χ4n) is 2.58. The van der Waals surface area contributed by atoms with E-state index in [0.717, 1.165) is 27.0 Å². The van der Waals surface area contributed by atoms with E-state index in [-0.39, 0.29) is 5.91 Å². The highest BCUT2D eigenvalue weighted by Gasteiger charge is 2.09. The van der Waals surface area contributed by atoms with Crippen LogP contribution in [0.15, 0.2) is 60.9 Å². The normalized spacial score (nSPS) is 10.7. The molecule has 2 heterocycles. The summed E-state index contributed by atoms with van der Waals surface area (Å²) in [7, 11) is 0. The van der Waals surface area contributed by atoms with Crippen LogP contribution in [-0.4, -0.2) is 20.9 Å². The number of amides is 1. The number of benzene rings is 2. The maximum Gasteiger partial charge on any atom is 0.233 e. The molecule has 4 aromatic rings. The summed E-state index contributed by atoms with van der Waals surface area (Å²) in [5, 5.41) is 3.30. The van der Waals surface area contributed by atoms with Crippen LogP contribution in [0.25, 0.3) is 21.5 Å². The number of anilines is 1. The summed E-state index contributed by atoms with van der Waals surface area (Å²) in [4.78, 5) is 24.4. The number of hydrogen-bond donors (Lipinski definition) is 1. The predicted molar refractivity (Wildman–Crippen MR) is 106 cm³/mol. The quantitative estimate of drug-likeness (QED) is 0.562. The van der Waals surface area contributed by atoms with Gasteiger partial charge in [0.25, 0.3) is 0 Å². The van der Waals surface area contributed by atoms with Crippen molar-refractivity contribution >= 4 is 32.6 Å². The van der Waals surface area contributed by atoms with Gasteiger partial charge in [-0.05, 0) is 17.7 Å². The van der Waals surface area contributed by atoms with Crippen molar-refractivity contribution < 1.29 is 9.53 Å². The lowest BCUT2D eigenvalue weighted by molar-refractivity contribution is -0.114. The van der Waals surface area contributed by atoms with Gasteiger partial charge in [-0.2, -0.15) is 0 Å². The second-order valence-electron chi connectivity index (χ2n) is 5.90. The third-order valence-electron chi connectivity index (χ3n) is 3.81. The molecule has 0 atom stereocenters. The van der Waals surface area contributed by atoms with Crippen LogP contribution in [-0.2, 0) is 11.4 Å². The van der Waals surface area contributed by atoms with Gasteiger partial charge in [-0.1, -0.05) is 47.7 Å². The Kier molecular flexibility index (Phi) is 4.76. The molecule has 0 aliphatic rings. The average molecular weight is 376 g/mol. The van der Waals surface area contributed by atoms with E-state index in [1.54, 1.807) is 12.4 Å². The smallest absolute Gasteiger partial charge is 0.233 e. The van der Waals surface area contributed by atoms with Crippen LogP contribution >= 0.6 is 11.3 Å². The molecule has 0 aliphatic heterocycles. The zero-order chi connectivity index (χ0) is 18.6. The fourth-order valence-corrected chi connectivity index (χ4v) is 3.53. The van der Waals surface area contributed by atoms with Crippen molar-refractivity contribution in [2.45, 2.75) is 13.5 Å². The Morgan fingerprint density at radius 1 is 1.11 bits per heavy atom. The molecule has 4 rings (SSSR count). The second kappa shape index (κ2) is 7.51. The van der Waals surface area contributed by atoms with Gasteiger partial charge in [0.2, 0.25) is 11.8 Å². The van der Waals surface area contributed by atoms with Crippen molar-refractivity contribution in [1.82, 2.24) is 15.0 Å². The molecule has 7 heteroatoms. The van der Waals surface area contributed by atoms with Gasteiger partial charge in [0, 0.05) is 12.5 Å². The number of carbonyl (C=O) groups excluding carboxylic acids is 1. The predicted octanol–water partition coefficient (Wildman–Crippen LogP) is 4.29. The molecule has 0 fully saturated rings. The first-order valence-corrected chi connectivity index (χ1v) is 9.16. The molecule has 0 aliphatic carbocycles. The van der Waals surface area contributed by atoms with Crippen LogP contribution in [0, 0.1) is 0 Å². The van der Waals surface area contributed by atoms with Gasteiger partial charge in [0.1, 0.15) is 6.61 Å². The SMILES string of the molecule is CC(=O)Nc1nc2ccc(-c3cncc(OCc4ccccc4)n3)cc2s1. The van der Waals surface area contributed by atoms with Gasteiger partial charge >= 0.3 is 0 Å². The zero-order valence-corrected chi connectivity index (χ0v) is 15.4. The van der Waals surface area contributed by atoms with Crippen LogP contribution in [0.2, 0.25) is 0 Å². The minimum Gasteiger partial charge on any atom is -0.472 e. The Labute approximate surface area is 159 Å². The maximum absolute atomic E-state index is 11.2. The lowest BCUT2D eigenvalue weighted by Gasteiger charge is -2.07. The summed E-state index contributed by atoms with van der Waals surface area (Å²) in [6.07, 6.45) is 3.30. The molecule has 2 aromatic carbocycles. The van der Waals surface area contributed by atoms with Crippen LogP contribution in [0.1, 0.15) is 12.5 Å². The van der Waals surface area contributed by atoms with Crippen LogP contribution in [0.3, 0.4) is 0 Å². The van der Waals surface area contributed by atoms with E-state index in [4.69, 9.17) is 4.74 Å². The largest absolute Gasteiger partial charge is 0.472 e. The summed E-state index contributed by atoms with van der Waals surface area (Å²) in [6.45, 7) is 1.90. The molecule has 134 valence electrons. The van der Waals surface area contributed by atoms with E-state index < -0.39 is 0 Å². The molecule has 0 saturated heterocycles. The van der Waals surface area contributed by atoms with Gasteiger partial charge in [-0.25, -0.2) is 9.97 Å². The molecule has 0 saturated carbocycles. The van der Waals surface area contributed by atoms with E-state index in [0.29, 0.717) is 17.6 Å². The molecule has 0 spiro atoms. The van der Waals surface area contributed by atoms with E-state index in [9.17, 15) is 4.79 Å². The molecule has 27 heavy (non-hydrogen) atoms. The lowest BCUT2D eigenvalue weighted by Crippen LogP contribution is -2.04. The fraction of sp³-hybridized carbons (Fsp3) is 0.100. The summed E-state index contributed by atoms with van der Waals surface area (Å²) >= 11 is 1.42. The highest BCUT2D eigenvalue weighted by molar-refractivity contribution is 7.22. The highest BCUT2D eigenvalue weighted by Crippen LogP contribution is 2.30. The second-order valence-corrected chi connectivity index (χ2v) is 6.93. The molecule has 6 nitrogen and oxygen atoms in total. The number of hydrogen-bond acceptors (Lipinski definition) is 6. The van der Waals surface area contributed by atoms with Gasteiger partial charge in [0.15, 0.2) is 5.13 Å². The van der Waals surface area contributed by atoms with Crippen LogP contribution in [0.5, 0.6) is 5.88 Å². The Bertz CT molecular complexity index is 1100. The van der Waals surface area contributed by atoms with Crippen LogP contribution in [0.4, 0.5) is 5.13 Å². The molecule has 1 N–H and O–H groups in total. The van der Waals surface area contributed by atoms with Gasteiger partial charge in [-0.3, -0.25) is 9.78 Å². The van der Waals surface area contributed by atoms with E-state index in [1.807, 2.05) is 48.5 Å². The first-order valence-electron chi connectivity index (χ1n) is 8.35. The third-order valence-corrected chi connectivity index (χ3v) is 4.74.